The summed E-state index contributed by atoms with van der Waals surface area (Å²) >= 11 is 0. The van der Waals surface area contributed by atoms with Gasteiger partial charge in [-0.05, 0) is 60.9 Å². The molecule has 2 N–H and O–H groups in total. The Morgan fingerprint density at radius 3 is 1.83 bits per heavy atom. The highest BCUT2D eigenvalue weighted by Gasteiger charge is 2.37. The van der Waals surface area contributed by atoms with Crippen molar-refractivity contribution in [3.63, 3.8) is 0 Å². The van der Waals surface area contributed by atoms with Crippen molar-refractivity contribution < 1.29 is 19.3 Å². The largest absolute Gasteiger partial charge is 0.496 e. The van der Waals surface area contributed by atoms with Gasteiger partial charge in [-0.1, -0.05) is 48.1 Å². The van der Waals surface area contributed by atoms with Crippen LogP contribution in [0.4, 0.5) is 0 Å². The molecule has 0 saturated heterocycles. The van der Waals surface area contributed by atoms with E-state index in [0.717, 1.165) is 43.9 Å². The van der Waals surface area contributed by atoms with Crippen molar-refractivity contribution in [2.45, 2.75) is 44.9 Å². The zero-order chi connectivity index (χ0) is 26.4. The van der Waals surface area contributed by atoms with E-state index < -0.39 is 0 Å². The quantitative estimate of drug-likeness (QED) is 0.470. The Kier molecular flexibility index (Phi) is 9.81. The van der Waals surface area contributed by atoms with Gasteiger partial charge in [0.2, 0.25) is 0 Å². The van der Waals surface area contributed by atoms with Crippen molar-refractivity contribution >= 4 is 0 Å². The second kappa shape index (κ2) is 12.6. The van der Waals surface area contributed by atoms with Crippen LogP contribution in [0.15, 0.2) is 60.2 Å². The maximum absolute atomic E-state index is 5.92. The average molecular weight is 493 g/mol. The molecule has 0 bridgehead atoms. The summed E-state index contributed by atoms with van der Waals surface area (Å²) in [5.41, 5.74) is 7.95. The Bertz CT molecular complexity index is 1070. The molecule has 4 nitrogen and oxygen atoms in total. The molecule has 196 valence electrons. The molecule has 36 heavy (non-hydrogen) atoms. The zero-order valence-corrected chi connectivity index (χ0v) is 23.8. The molecular weight excluding hydrogens is 444 g/mol. The van der Waals surface area contributed by atoms with Crippen LogP contribution in [0.25, 0.3) is 0 Å². The molecule has 0 amide bonds. The molecule has 3 rings (SSSR count). The zero-order valence-electron chi connectivity index (χ0n) is 23.8. The summed E-state index contributed by atoms with van der Waals surface area (Å²) in [6.45, 7) is 11.2. The molecular formula is C32H48N2O2+2. The van der Waals surface area contributed by atoms with Crippen LogP contribution in [-0.4, -0.2) is 55.5 Å². The van der Waals surface area contributed by atoms with Crippen molar-refractivity contribution in [3.05, 3.63) is 82.5 Å². The molecule has 0 saturated carbocycles. The number of allylic oxidation sites excluding steroid dienone is 3. The fourth-order valence-corrected chi connectivity index (χ4v) is 5.66. The second-order valence-corrected chi connectivity index (χ2v) is 11.3. The lowest BCUT2D eigenvalue weighted by molar-refractivity contribution is -0.858. The summed E-state index contributed by atoms with van der Waals surface area (Å²) in [6.07, 6.45) is 5.59. The minimum Gasteiger partial charge on any atom is -0.496 e. The Hall–Kier alpha value is -2.56. The van der Waals surface area contributed by atoms with E-state index in [-0.39, 0.29) is 11.8 Å². The van der Waals surface area contributed by atoms with E-state index in [2.05, 4.69) is 91.1 Å². The van der Waals surface area contributed by atoms with Crippen molar-refractivity contribution in [2.24, 2.45) is 5.92 Å². The topological polar surface area (TPSA) is 27.3 Å². The van der Waals surface area contributed by atoms with Gasteiger partial charge in [0.1, 0.15) is 11.5 Å². The van der Waals surface area contributed by atoms with E-state index in [1.807, 2.05) is 0 Å². The summed E-state index contributed by atoms with van der Waals surface area (Å²) < 4.78 is 11.8. The highest BCUT2D eigenvalue weighted by Crippen LogP contribution is 2.51. The van der Waals surface area contributed by atoms with Crippen LogP contribution in [0.3, 0.4) is 0 Å². The molecule has 0 aromatic heterocycles. The summed E-state index contributed by atoms with van der Waals surface area (Å²) in [4.78, 5) is 2.93. The molecule has 3 atom stereocenters. The van der Waals surface area contributed by atoms with Gasteiger partial charge in [-0.3, -0.25) is 0 Å². The van der Waals surface area contributed by atoms with E-state index in [1.54, 1.807) is 14.2 Å². The maximum atomic E-state index is 5.92. The number of ether oxygens (including phenoxy) is 2. The minimum absolute atomic E-state index is 0.211. The molecule has 1 aliphatic rings. The summed E-state index contributed by atoms with van der Waals surface area (Å²) in [7, 11) is 12.4. The highest BCUT2D eigenvalue weighted by atomic mass is 16.5. The predicted molar refractivity (Wildman–Crippen MR) is 151 cm³/mol. The van der Waals surface area contributed by atoms with Crippen LogP contribution < -0.4 is 19.3 Å². The van der Waals surface area contributed by atoms with E-state index in [4.69, 9.17) is 9.47 Å². The van der Waals surface area contributed by atoms with Crippen molar-refractivity contribution in [2.75, 3.05) is 55.5 Å². The number of methoxy groups -OCH3 is 2. The molecule has 0 aliphatic heterocycles. The monoisotopic (exact) mass is 492 g/mol. The smallest absolute Gasteiger partial charge is 0.122 e. The molecule has 2 aromatic rings. The third kappa shape index (κ3) is 6.80. The first kappa shape index (κ1) is 28.0. The van der Waals surface area contributed by atoms with Gasteiger partial charge >= 0.3 is 0 Å². The third-order valence-corrected chi connectivity index (χ3v) is 7.57. The van der Waals surface area contributed by atoms with E-state index in [0.29, 0.717) is 5.92 Å². The normalized spacial score (nSPS) is 19.9. The molecule has 2 aromatic carbocycles. The molecule has 0 spiro atoms. The molecule has 4 heteroatoms. The lowest BCUT2D eigenvalue weighted by Crippen LogP contribution is -3.05. The fraction of sp³-hybridized carbons (Fsp3) is 0.500. The molecule has 0 heterocycles. The van der Waals surface area contributed by atoms with Crippen LogP contribution in [0.1, 0.15) is 54.4 Å². The summed E-state index contributed by atoms with van der Waals surface area (Å²) in [6, 6.07) is 13.5. The molecule has 0 fully saturated rings. The van der Waals surface area contributed by atoms with Gasteiger partial charge in [-0.25, -0.2) is 0 Å². The molecule has 1 aliphatic carbocycles. The Morgan fingerprint density at radius 1 is 0.861 bits per heavy atom. The number of hydrogen-bond donors (Lipinski definition) is 2. The second-order valence-electron chi connectivity index (χ2n) is 11.3. The lowest BCUT2D eigenvalue weighted by Gasteiger charge is -2.39. The van der Waals surface area contributed by atoms with Crippen LogP contribution in [0, 0.1) is 5.92 Å². The fourth-order valence-electron chi connectivity index (χ4n) is 5.66. The lowest BCUT2D eigenvalue weighted by atomic mass is 9.65. The summed E-state index contributed by atoms with van der Waals surface area (Å²) in [5.74, 6) is 2.73. The average Bonchev–Trinajstić information content (AvgIpc) is 2.85. The van der Waals surface area contributed by atoms with Gasteiger partial charge in [0.15, 0.2) is 0 Å². The third-order valence-electron chi connectivity index (χ3n) is 7.57. The number of benzene rings is 2. The van der Waals surface area contributed by atoms with E-state index in [1.165, 1.54) is 43.2 Å². The number of likely N-dealkylation sites (N-methyl/N-ethyl adjacent to an activating group) is 2. The first-order chi connectivity index (χ1) is 17.1. The molecule has 0 unspecified atom stereocenters. The number of nitrogens with one attached hydrogen (secondary N) is 2. The van der Waals surface area contributed by atoms with E-state index >= 15 is 0 Å². The van der Waals surface area contributed by atoms with Gasteiger partial charge in [-0.2, -0.15) is 0 Å². The number of quaternary nitrogens is 2. The van der Waals surface area contributed by atoms with Crippen LogP contribution in [0.2, 0.25) is 0 Å². The van der Waals surface area contributed by atoms with Gasteiger partial charge in [-0.15, -0.1) is 0 Å². The predicted octanol–water partition coefficient (Wildman–Crippen LogP) is 3.49. The van der Waals surface area contributed by atoms with Crippen LogP contribution in [-0.2, 0) is 12.8 Å². The Morgan fingerprint density at radius 2 is 1.36 bits per heavy atom. The minimum atomic E-state index is 0.211. The highest BCUT2D eigenvalue weighted by molar-refractivity contribution is 5.48. The SMILES string of the molecule is C=C(C)[C@@H]1[C@H](c2cc(CC[NH+](C)C)ccc2OC)C=C(C)C[C@H]1c1cc(CC[NH+](C)C)ccc1OC. The Balaban J connectivity index is 2.08. The summed E-state index contributed by atoms with van der Waals surface area (Å²) in [5, 5.41) is 0. The van der Waals surface area contributed by atoms with Crippen molar-refractivity contribution in [1.82, 2.24) is 0 Å². The van der Waals surface area contributed by atoms with Crippen molar-refractivity contribution in [3.8, 4) is 11.5 Å². The first-order valence-corrected chi connectivity index (χ1v) is 13.4. The van der Waals surface area contributed by atoms with Gasteiger partial charge in [0, 0.05) is 24.3 Å². The van der Waals surface area contributed by atoms with Crippen molar-refractivity contribution in [1.29, 1.82) is 0 Å². The standard InChI is InChI=1S/C32H46N2O2/c1-22(2)32-28(26-20-24(14-16-33(4)5)10-12-30(26)35-8)18-23(3)19-29(32)27-21-25(15-17-34(6)7)11-13-31(27)36-9/h10-13,18,20-21,28-29,32H,1,14-17,19H2,2-9H3/p+2/t28-,29-,32+/m0/s1. The van der Waals surface area contributed by atoms with Gasteiger partial charge < -0.3 is 19.3 Å². The maximum Gasteiger partial charge on any atom is 0.122 e. The number of rotatable bonds is 11. The van der Waals surface area contributed by atoms with Gasteiger partial charge in [0.25, 0.3) is 0 Å². The van der Waals surface area contributed by atoms with Gasteiger partial charge in [0.05, 0.1) is 55.5 Å². The number of hydrogen-bond acceptors (Lipinski definition) is 2. The van der Waals surface area contributed by atoms with Crippen LogP contribution in [0.5, 0.6) is 11.5 Å². The first-order valence-electron chi connectivity index (χ1n) is 13.4. The van der Waals surface area contributed by atoms with Crippen LogP contribution >= 0.6 is 0 Å². The Labute approximate surface area is 219 Å². The molecule has 0 radical (unpaired) electrons. The van der Waals surface area contributed by atoms with E-state index in [9.17, 15) is 0 Å².